The van der Waals surface area contributed by atoms with E-state index in [0.29, 0.717) is 0 Å². The fourth-order valence-electron chi connectivity index (χ4n) is 2.87. The van der Waals surface area contributed by atoms with Crippen molar-refractivity contribution < 1.29 is 0 Å². The van der Waals surface area contributed by atoms with Gasteiger partial charge in [-0.05, 0) is 57.0 Å². The van der Waals surface area contributed by atoms with Crippen molar-refractivity contribution in [2.24, 2.45) is 0 Å². The van der Waals surface area contributed by atoms with E-state index in [0.717, 1.165) is 10.4 Å². The molecule has 0 aromatic heterocycles. The first kappa shape index (κ1) is 11.0. The van der Waals surface area contributed by atoms with Crippen molar-refractivity contribution in [1.82, 2.24) is 0 Å². The van der Waals surface area contributed by atoms with Crippen molar-refractivity contribution in [3.8, 4) is 0 Å². The molecule has 0 N–H and O–H groups in total. The van der Waals surface area contributed by atoms with Crippen molar-refractivity contribution in [2.75, 3.05) is 0 Å². The molecule has 0 aliphatic heterocycles. The van der Waals surface area contributed by atoms with Gasteiger partial charge in [-0.1, -0.05) is 49.6 Å². The first-order chi connectivity index (χ1) is 8.61. The summed E-state index contributed by atoms with van der Waals surface area (Å²) in [5.41, 5.74) is 2.55. The molecule has 88 valence electrons. The van der Waals surface area contributed by atoms with Crippen molar-refractivity contribution in [2.45, 2.75) is 13.8 Å². The van der Waals surface area contributed by atoms with E-state index in [1.807, 2.05) is 0 Å². The summed E-state index contributed by atoms with van der Waals surface area (Å²) >= 11 is 0. The van der Waals surface area contributed by atoms with Crippen molar-refractivity contribution >= 4 is 34.7 Å². The van der Waals surface area contributed by atoms with E-state index in [2.05, 4.69) is 63.4 Å². The van der Waals surface area contributed by atoms with Crippen LogP contribution >= 0.6 is 0 Å². The molecule has 0 aliphatic carbocycles. The fourth-order valence-corrected chi connectivity index (χ4v) is 2.87. The molecule has 18 heavy (non-hydrogen) atoms. The van der Waals surface area contributed by atoms with Gasteiger partial charge >= 0.3 is 0 Å². The summed E-state index contributed by atoms with van der Waals surface area (Å²) in [4.78, 5) is 0. The first-order valence-electron chi connectivity index (χ1n) is 6.20. The Morgan fingerprint density at radius 3 is 1.44 bits per heavy atom. The normalized spacial score (nSPS) is 11.2. The molecule has 0 unspecified atom stereocenters. The minimum Gasteiger partial charge on any atom is -0.0905 e. The Hall–Kier alpha value is -2.08. The van der Waals surface area contributed by atoms with Crippen molar-refractivity contribution in [3.63, 3.8) is 0 Å². The molecule has 0 aliphatic rings. The SMILES string of the molecule is C=c1c2ccccc2c(=C)c2c(C)ccc(C)c12. The van der Waals surface area contributed by atoms with Crippen LogP contribution < -0.4 is 10.4 Å². The van der Waals surface area contributed by atoms with Crippen LogP contribution in [0.3, 0.4) is 0 Å². The smallest absolute Gasteiger partial charge is 0.00732 e. The number of rotatable bonds is 0. The molecule has 0 fully saturated rings. The highest BCUT2D eigenvalue weighted by molar-refractivity contribution is 6.02. The summed E-state index contributed by atoms with van der Waals surface area (Å²) in [5.74, 6) is 0. The van der Waals surface area contributed by atoms with E-state index in [-0.39, 0.29) is 0 Å². The van der Waals surface area contributed by atoms with E-state index >= 15 is 0 Å². The summed E-state index contributed by atoms with van der Waals surface area (Å²) in [7, 11) is 0. The van der Waals surface area contributed by atoms with Crippen LogP contribution in [-0.2, 0) is 0 Å². The average Bonchev–Trinajstić information content (AvgIpc) is 2.38. The average molecular weight is 232 g/mol. The second-order valence-electron chi connectivity index (χ2n) is 4.95. The van der Waals surface area contributed by atoms with Gasteiger partial charge in [0.05, 0.1) is 0 Å². The molecule has 0 heteroatoms. The van der Waals surface area contributed by atoms with Crippen LogP contribution in [0, 0.1) is 13.8 Å². The third-order valence-corrected chi connectivity index (χ3v) is 3.80. The molecular formula is C18H16. The number of fused-ring (bicyclic) bond motifs is 2. The quantitative estimate of drug-likeness (QED) is 0.521. The number of hydrogen-bond acceptors (Lipinski definition) is 0. The molecular weight excluding hydrogens is 216 g/mol. The van der Waals surface area contributed by atoms with E-state index in [4.69, 9.17) is 0 Å². The zero-order chi connectivity index (χ0) is 12.9. The van der Waals surface area contributed by atoms with Gasteiger partial charge in [0.1, 0.15) is 0 Å². The van der Waals surface area contributed by atoms with E-state index in [9.17, 15) is 0 Å². The predicted octanol–water partition coefficient (Wildman–Crippen LogP) is 3.43. The Kier molecular flexibility index (Phi) is 2.27. The third-order valence-electron chi connectivity index (χ3n) is 3.80. The van der Waals surface area contributed by atoms with E-state index in [1.54, 1.807) is 0 Å². The highest BCUT2D eigenvalue weighted by Gasteiger charge is 2.07. The summed E-state index contributed by atoms with van der Waals surface area (Å²) in [5, 5.41) is 7.19. The summed E-state index contributed by atoms with van der Waals surface area (Å²) in [6.07, 6.45) is 0. The molecule has 0 nitrogen and oxygen atoms in total. The van der Waals surface area contributed by atoms with Crippen LogP contribution in [0.4, 0.5) is 0 Å². The largest absolute Gasteiger partial charge is 0.0905 e. The standard InChI is InChI=1S/C18H16/c1-11-9-10-12(2)18-14(4)16-8-6-5-7-15(16)13(3)17(11)18/h5-10H,3-4H2,1-2H3. The topological polar surface area (TPSA) is 0 Å². The van der Waals surface area contributed by atoms with Gasteiger partial charge in [0.25, 0.3) is 0 Å². The summed E-state index contributed by atoms with van der Waals surface area (Å²) in [6, 6.07) is 12.7. The maximum atomic E-state index is 4.29. The molecule has 0 atom stereocenters. The summed E-state index contributed by atoms with van der Waals surface area (Å²) in [6.45, 7) is 12.9. The highest BCUT2D eigenvalue weighted by atomic mass is 14.1. The van der Waals surface area contributed by atoms with Crippen LogP contribution in [0.2, 0.25) is 0 Å². The second-order valence-corrected chi connectivity index (χ2v) is 4.95. The highest BCUT2D eigenvalue weighted by Crippen LogP contribution is 2.19. The molecule has 0 bridgehead atoms. The van der Waals surface area contributed by atoms with Gasteiger partial charge in [0.15, 0.2) is 0 Å². The Morgan fingerprint density at radius 2 is 1.06 bits per heavy atom. The lowest BCUT2D eigenvalue weighted by molar-refractivity contribution is 1.45. The monoisotopic (exact) mass is 232 g/mol. The third kappa shape index (κ3) is 1.32. The Morgan fingerprint density at radius 1 is 0.667 bits per heavy atom. The molecule has 0 spiro atoms. The molecule has 3 aromatic rings. The van der Waals surface area contributed by atoms with Crippen molar-refractivity contribution in [3.05, 3.63) is 58.0 Å². The maximum Gasteiger partial charge on any atom is -0.00732 e. The van der Waals surface area contributed by atoms with Crippen LogP contribution in [-0.4, -0.2) is 0 Å². The molecule has 0 heterocycles. The molecule has 0 amide bonds. The molecule has 3 aromatic carbocycles. The molecule has 0 saturated carbocycles. The first-order valence-corrected chi connectivity index (χ1v) is 6.20. The van der Waals surface area contributed by atoms with Gasteiger partial charge in [-0.2, -0.15) is 0 Å². The van der Waals surface area contributed by atoms with Gasteiger partial charge in [-0.15, -0.1) is 0 Å². The number of aryl methyl sites for hydroxylation is 2. The Balaban J connectivity index is 2.82. The van der Waals surface area contributed by atoms with Gasteiger partial charge < -0.3 is 0 Å². The van der Waals surface area contributed by atoms with Crippen molar-refractivity contribution in [1.29, 1.82) is 0 Å². The Bertz CT molecular complexity index is 796. The zero-order valence-corrected chi connectivity index (χ0v) is 10.9. The van der Waals surface area contributed by atoms with Crippen LogP contribution in [0.1, 0.15) is 11.1 Å². The number of hydrogen-bond donors (Lipinski definition) is 0. The Labute approximate surface area is 107 Å². The van der Waals surface area contributed by atoms with E-state index < -0.39 is 0 Å². The number of benzene rings is 3. The van der Waals surface area contributed by atoms with Gasteiger partial charge in [0.2, 0.25) is 0 Å². The lowest BCUT2D eigenvalue weighted by Gasteiger charge is -2.10. The fraction of sp³-hybridized carbons (Fsp3) is 0.111. The van der Waals surface area contributed by atoms with Crippen LogP contribution in [0.25, 0.3) is 34.7 Å². The molecule has 0 saturated heterocycles. The minimum absolute atomic E-state index is 1.12. The lowest BCUT2D eigenvalue weighted by Crippen LogP contribution is -2.14. The van der Waals surface area contributed by atoms with Gasteiger partial charge in [0, 0.05) is 0 Å². The van der Waals surface area contributed by atoms with Crippen LogP contribution in [0.15, 0.2) is 36.4 Å². The molecule has 3 rings (SSSR count). The van der Waals surface area contributed by atoms with Gasteiger partial charge in [-0.3, -0.25) is 0 Å². The lowest BCUT2D eigenvalue weighted by atomic mass is 9.93. The zero-order valence-electron chi connectivity index (χ0n) is 10.9. The predicted molar refractivity (Wildman–Crippen MR) is 81.2 cm³/mol. The summed E-state index contributed by atoms with van der Waals surface area (Å²) < 4.78 is 0. The maximum absolute atomic E-state index is 4.29. The van der Waals surface area contributed by atoms with E-state index in [1.165, 1.54) is 32.7 Å². The minimum atomic E-state index is 1.12. The van der Waals surface area contributed by atoms with Gasteiger partial charge in [-0.25, -0.2) is 0 Å². The second kappa shape index (κ2) is 3.71. The molecule has 0 radical (unpaired) electrons. The van der Waals surface area contributed by atoms with Crippen LogP contribution in [0.5, 0.6) is 0 Å².